The van der Waals surface area contributed by atoms with Crippen molar-refractivity contribution in [2.45, 2.75) is 0 Å². The quantitative estimate of drug-likeness (QED) is 0.610. The number of hydrogen-bond acceptors (Lipinski definition) is 4. The second-order valence-electron chi connectivity index (χ2n) is 5.10. The van der Waals surface area contributed by atoms with E-state index in [2.05, 4.69) is 5.43 Å². The summed E-state index contributed by atoms with van der Waals surface area (Å²) in [6.45, 7) is -0.615. The average Bonchev–Trinajstić information content (AvgIpc) is 2.84. The Morgan fingerprint density at radius 1 is 1.08 bits per heavy atom. The third kappa shape index (κ3) is 3.21. The van der Waals surface area contributed by atoms with Gasteiger partial charge in [0.05, 0.1) is 21.2 Å². The standard InChI is InChI=1S/C16H8Cl3FN2O4/c17-8-4-5-9(18)14(13(8)19)26-6-11(23)21-22-15(24)7-2-1-3-10(20)12(7)16(22)25/h1-5H,6H2,(H,21,23). The molecule has 1 N–H and O–H groups in total. The van der Waals surface area contributed by atoms with Crippen LogP contribution in [0.2, 0.25) is 15.1 Å². The average molecular weight is 418 g/mol. The van der Waals surface area contributed by atoms with Crippen LogP contribution in [0.1, 0.15) is 20.7 Å². The van der Waals surface area contributed by atoms with Crippen LogP contribution in [0.25, 0.3) is 0 Å². The van der Waals surface area contributed by atoms with Crippen LogP contribution in [-0.4, -0.2) is 29.3 Å². The fourth-order valence-electron chi connectivity index (χ4n) is 2.28. The number of imide groups is 1. The molecule has 0 aromatic heterocycles. The number of halogens is 4. The van der Waals surface area contributed by atoms with Gasteiger partial charge >= 0.3 is 0 Å². The molecule has 134 valence electrons. The molecule has 0 fully saturated rings. The van der Waals surface area contributed by atoms with Gasteiger partial charge in [-0.25, -0.2) is 4.39 Å². The molecule has 0 saturated carbocycles. The molecule has 0 radical (unpaired) electrons. The van der Waals surface area contributed by atoms with E-state index in [-0.39, 0.29) is 26.4 Å². The molecule has 1 aliphatic heterocycles. The van der Waals surface area contributed by atoms with Gasteiger partial charge in [-0.15, -0.1) is 0 Å². The Kier molecular flexibility index (Phi) is 5.04. The minimum absolute atomic E-state index is 0.00904. The van der Waals surface area contributed by atoms with Gasteiger partial charge in [0, 0.05) is 0 Å². The van der Waals surface area contributed by atoms with E-state index < -0.39 is 35.7 Å². The largest absolute Gasteiger partial charge is 0.481 e. The summed E-state index contributed by atoms with van der Waals surface area (Å²) >= 11 is 17.7. The van der Waals surface area contributed by atoms with Crippen molar-refractivity contribution < 1.29 is 23.5 Å². The van der Waals surface area contributed by atoms with Crippen LogP contribution in [0.5, 0.6) is 5.75 Å². The molecule has 0 spiro atoms. The first-order chi connectivity index (χ1) is 12.3. The van der Waals surface area contributed by atoms with E-state index >= 15 is 0 Å². The number of nitrogens with one attached hydrogen (secondary N) is 1. The first kappa shape index (κ1) is 18.4. The number of amides is 3. The highest BCUT2D eigenvalue weighted by atomic mass is 35.5. The van der Waals surface area contributed by atoms with Gasteiger partial charge < -0.3 is 4.74 Å². The monoisotopic (exact) mass is 416 g/mol. The number of carbonyl (C=O) groups is 3. The Morgan fingerprint density at radius 2 is 1.77 bits per heavy atom. The molecule has 3 amide bonds. The van der Waals surface area contributed by atoms with Gasteiger partial charge in [0.2, 0.25) is 0 Å². The molecular weight excluding hydrogens is 410 g/mol. The van der Waals surface area contributed by atoms with E-state index in [1.54, 1.807) is 0 Å². The number of nitrogens with zero attached hydrogens (tertiary/aromatic N) is 1. The van der Waals surface area contributed by atoms with Gasteiger partial charge in [0.1, 0.15) is 10.8 Å². The molecule has 6 nitrogen and oxygen atoms in total. The molecule has 0 bridgehead atoms. The van der Waals surface area contributed by atoms with Crippen LogP contribution < -0.4 is 10.2 Å². The molecular formula is C16H8Cl3FN2O4. The molecule has 3 rings (SSSR count). The number of benzene rings is 2. The van der Waals surface area contributed by atoms with E-state index in [0.29, 0.717) is 5.01 Å². The van der Waals surface area contributed by atoms with Crippen LogP contribution in [-0.2, 0) is 4.79 Å². The molecule has 2 aromatic carbocycles. The van der Waals surface area contributed by atoms with Gasteiger partial charge in [-0.05, 0) is 24.3 Å². The molecule has 0 atom stereocenters. The fraction of sp³-hybridized carbons (Fsp3) is 0.0625. The van der Waals surface area contributed by atoms with E-state index in [4.69, 9.17) is 39.5 Å². The SMILES string of the molecule is O=C(COc1c(Cl)ccc(Cl)c1Cl)NN1C(=O)c2cccc(F)c2C1=O. The topological polar surface area (TPSA) is 75.7 Å². The molecule has 0 unspecified atom stereocenters. The fourth-order valence-corrected chi connectivity index (χ4v) is 2.91. The van der Waals surface area contributed by atoms with E-state index in [9.17, 15) is 18.8 Å². The third-order valence-corrected chi connectivity index (χ3v) is 4.53. The van der Waals surface area contributed by atoms with Gasteiger partial charge in [-0.1, -0.05) is 40.9 Å². The summed E-state index contributed by atoms with van der Waals surface area (Å²) in [6, 6.07) is 6.49. The molecule has 10 heteroatoms. The second-order valence-corrected chi connectivity index (χ2v) is 6.30. The van der Waals surface area contributed by atoms with Gasteiger partial charge in [0.25, 0.3) is 17.7 Å². The lowest BCUT2D eigenvalue weighted by atomic mass is 10.1. The van der Waals surface area contributed by atoms with Crippen molar-refractivity contribution in [2.75, 3.05) is 6.61 Å². The Bertz CT molecular complexity index is 951. The molecule has 1 heterocycles. The van der Waals surface area contributed by atoms with Gasteiger partial charge in [0.15, 0.2) is 12.4 Å². The minimum Gasteiger partial charge on any atom is -0.481 e. The molecule has 1 aliphatic rings. The highest BCUT2D eigenvalue weighted by Crippen LogP contribution is 2.37. The van der Waals surface area contributed by atoms with E-state index in [1.165, 1.54) is 24.3 Å². The number of hydrazine groups is 1. The summed E-state index contributed by atoms with van der Waals surface area (Å²) in [4.78, 5) is 36.3. The lowest BCUT2D eigenvalue weighted by molar-refractivity contribution is -0.126. The third-order valence-electron chi connectivity index (χ3n) is 3.45. The Labute approximate surface area is 161 Å². The zero-order valence-electron chi connectivity index (χ0n) is 12.7. The van der Waals surface area contributed by atoms with E-state index in [0.717, 1.165) is 6.07 Å². The number of hydrogen-bond donors (Lipinski definition) is 1. The van der Waals surface area contributed by atoms with Crippen molar-refractivity contribution in [2.24, 2.45) is 0 Å². The van der Waals surface area contributed by atoms with Gasteiger partial charge in [-0.3, -0.25) is 19.8 Å². The maximum atomic E-state index is 13.7. The first-order valence-corrected chi connectivity index (χ1v) is 8.17. The van der Waals surface area contributed by atoms with Crippen molar-refractivity contribution in [3.05, 3.63) is 62.3 Å². The highest BCUT2D eigenvalue weighted by Gasteiger charge is 2.39. The summed E-state index contributed by atoms with van der Waals surface area (Å²) in [7, 11) is 0. The lowest BCUT2D eigenvalue weighted by Crippen LogP contribution is -2.47. The van der Waals surface area contributed by atoms with Crippen LogP contribution >= 0.6 is 34.8 Å². The summed E-state index contributed by atoms with van der Waals surface area (Å²) < 4.78 is 19.0. The van der Waals surface area contributed by atoms with Crippen molar-refractivity contribution in [3.63, 3.8) is 0 Å². The molecule has 2 aromatic rings. The number of carbonyl (C=O) groups excluding carboxylic acids is 3. The summed E-state index contributed by atoms with van der Waals surface area (Å²) in [5, 5.41) is 0.715. The Morgan fingerprint density at radius 3 is 2.46 bits per heavy atom. The molecule has 0 aliphatic carbocycles. The van der Waals surface area contributed by atoms with Crippen molar-refractivity contribution in [1.29, 1.82) is 0 Å². The van der Waals surface area contributed by atoms with Crippen molar-refractivity contribution in [1.82, 2.24) is 10.4 Å². The maximum absolute atomic E-state index is 13.7. The normalized spacial score (nSPS) is 13.0. The smallest absolute Gasteiger partial charge is 0.283 e. The van der Waals surface area contributed by atoms with E-state index in [1.807, 2.05) is 0 Å². The van der Waals surface area contributed by atoms with Crippen LogP contribution in [0.3, 0.4) is 0 Å². The zero-order chi connectivity index (χ0) is 19.0. The first-order valence-electron chi connectivity index (χ1n) is 7.04. The Balaban J connectivity index is 1.71. The lowest BCUT2D eigenvalue weighted by Gasteiger charge is -2.16. The summed E-state index contributed by atoms with van der Waals surface area (Å²) in [5.41, 5.74) is 1.52. The van der Waals surface area contributed by atoms with Crippen LogP contribution in [0, 0.1) is 5.82 Å². The predicted octanol–water partition coefficient (Wildman–Crippen LogP) is 3.49. The predicted molar refractivity (Wildman–Crippen MR) is 92.0 cm³/mol. The summed E-state index contributed by atoms with van der Waals surface area (Å²) in [5.74, 6) is -3.56. The summed E-state index contributed by atoms with van der Waals surface area (Å²) in [6.07, 6.45) is 0. The zero-order valence-corrected chi connectivity index (χ0v) is 15.0. The number of rotatable bonds is 4. The number of ether oxygens (including phenoxy) is 1. The second kappa shape index (κ2) is 7.11. The van der Waals surface area contributed by atoms with Gasteiger partial charge in [-0.2, -0.15) is 5.01 Å². The molecule has 26 heavy (non-hydrogen) atoms. The Hall–Kier alpha value is -2.35. The van der Waals surface area contributed by atoms with Crippen molar-refractivity contribution >= 4 is 52.5 Å². The van der Waals surface area contributed by atoms with Crippen molar-refractivity contribution in [3.8, 4) is 5.75 Å². The maximum Gasteiger partial charge on any atom is 0.283 e. The van der Waals surface area contributed by atoms with Crippen LogP contribution in [0.4, 0.5) is 4.39 Å². The minimum atomic E-state index is -0.977. The van der Waals surface area contributed by atoms with Crippen LogP contribution in [0.15, 0.2) is 30.3 Å². The number of fused-ring (bicyclic) bond motifs is 1. The molecule has 0 saturated heterocycles. The highest BCUT2D eigenvalue weighted by molar-refractivity contribution is 6.44.